The number of carbonyl (C=O) groups excluding carboxylic acids is 1. The van der Waals surface area contributed by atoms with Gasteiger partial charge in [0.05, 0.1) is 6.42 Å². The Morgan fingerprint density at radius 3 is 2.50 bits per heavy atom. The summed E-state index contributed by atoms with van der Waals surface area (Å²) in [5.41, 5.74) is 7.91. The van der Waals surface area contributed by atoms with Crippen LogP contribution in [0.5, 0.6) is 0 Å². The zero-order chi connectivity index (χ0) is 14.5. The number of nitrogens with zero attached hydrogens (tertiary/aromatic N) is 1. The molecule has 0 aromatic heterocycles. The van der Waals surface area contributed by atoms with E-state index in [9.17, 15) is 9.18 Å². The fraction of sp³-hybridized carbons (Fsp3) is 0.188. The van der Waals surface area contributed by atoms with Crippen LogP contribution in [0.4, 0.5) is 15.8 Å². The molecule has 0 saturated heterocycles. The van der Waals surface area contributed by atoms with Gasteiger partial charge in [-0.15, -0.1) is 0 Å². The molecule has 2 aromatic carbocycles. The molecule has 3 nitrogen and oxygen atoms in total. The summed E-state index contributed by atoms with van der Waals surface area (Å²) >= 11 is 0. The van der Waals surface area contributed by atoms with Crippen molar-refractivity contribution >= 4 is 17.3 Å². The Bertz CT molecular complexity index is 596. The number of carbonyl (C=O) groups is 1. The van der Waals surface area contributed by atoms with Gasteiger partial charge in [-0.1, -0.05) is 12.1 Å². The van der Waals surface area contributed by atoms with Gasteiger partial charge in [-0.25, -0.2) is 4.39 Å². The average molecular weight is 272 g/mol. The van der Waals surface area contributed by atoms with Crippen LogP contribution in [0, 0.1) is 5.82 Å². The van der Waals surface area contributed by atoms with Crippen molar-refractivity contribution in [2.45, 2.75) is 13.3 Å². The third kappa shape index (κ3) is 3.35. The lowest BCUT2D eigenvalue weighted by atomic mass is 10.1. The van der Waals surface area contributed by atoms with E-state index in [-0.39, 0.29) is 18.1 Å². The molecule has 4 heteroatoms. The summed E-state index contributed by atoms with van der Waals surface area (Å²) < 4.78 is 12.9. The van der Waals surface area contributed by atoms with E-state index in [1.807, 2.05) is 19.1 Å². The molecule has 0 aliphatic carbocycles. The van der Waals surface area contributed by atoms with Crippen LogP contribution >= 0.6 is 0 Å². The molecular formula is C16H17FN2O. The lowest BCUT2D eigenvalue weighted by Gasteiger charge is -2.21. The van der Waals surface area contributed by atoms with Gasteiger partial charge in [-0.05, 0) is 48.9 Å². The molecule has 2 aromatic rings. The molecule has 0 fully saturated rings. The predicted octanol–water partition coefficient (Wildman–Crippen LogP) is 3.00. The van der Waals surface area contributed by atoms with Crippen LogP contribution in [0.3, 0.4) is 0 Å². The van der Waals surface area contributed by atoms with Crippen LogP contribution in [0.2, 0.25) is 0 Å². The smallest absolute Gasteiger partial charge is 0.231 e. The topological polar surface area (TPSA) is 46.3 Å². The summed E-state index contributed by atoms with van der Waals surface area (Å²) in [6, 6.07) is 13.2. The lowest BCUT2D eigenvalue weighted by Crippen LogP contribution is -2.31. The van der Waals surface area contributed by atoms with Crippen molar-refractivity contribution in [2.75, 3.05) is 17.2 Å². The molecule has 0 saturated carbocycles. The lowest BCUT2D eigenvalue weighted by molar-refractivity contribution is -0.117. The second kappa shape index (κ2) is 6.19. The van der Waals surface area contributed by atoms with E-state index in [2.05, 4.69) is 0 Å². The van der Waals surface area contributed by atoms with E-state index in [0.29, 0.717) is 17.9 Å². The summed E-state index contributed by atoms with van der Waals surface area (Å²) in [5.74, 6) is -0.349. The van der Waals surface area contributed by atoms with E-state index >= 15 is 0 Å². The van der Waals surface area contributed by atoms with Gasteiger partial charge in [-0.3, -0.25) is 4.79 Å². The van der Waals surface area contributed by atoms with E-state index in [1.165, 1.54) is 12.1 Å². The molecule has 2 N–H and O–H groups in total. The number of hydrogen-bond donors (Lipinski definition) is 1. The molecule has 1 amide bonds. The molecule has 0 unspecified atom stereocenters. The Morgan fingerprint density at radius 2 is 1.90 bits per heavy atom. The highest BCUT2D eigenvalue weighted by atomic mass is 19.1. The minimum absolute atomic E-state index is 0.0373. The SMILES string of the molecule is CCN(C(=O)Cc1cccc(N)c1)c1ccc(F)cc1. The third-order valence-corrected chi connectivity index (χ3v) is 3.06. The summed E-state index contributed by atoms with van der Waals surface area (Å²) in [7, 11) is 0. The number of nitrogen functional groups attached to an aromatic ring is 1. The Hall–Kier alpha value is -2.36. The average Bonchev–Trinajstić information content (AvgIpc) is 2.42. The van der Waals surface area contributed by atoms with E-state index < -0.39 is 0 Å². The zero-order valence-corrected chi connectivity index (χ0v) is 11.3. The summed E-state index contributed by atoms with van der Waals surface area (Å²) in [6.45, 7) is 2.42. The third-order valence-electron chi connectivity index (χ3n) is 3.06. The number of halogens is 1. The molecule has 0 spiro atoms. The number of nitrogens with two attached hydrogens (primary N) is 1. The molecular weight excluding hydrogens is 255 g/mol. The summed E-state index contributed by atoms with van der Waals surface area (Å²) in [5, 5.41) is 0. The maximum atomic E-state index is 12.9. The van der Waals surface area contributed by atoms with Crippen molar-refractivity contribution in [2.24, 2.45) is 0 Å². The van der Waals surface area contributed by atoms with Crippen LogP contribution in [0.15, 0.2) is 48.5 Å². The summed E-state index contributed by atoms with van der Waals surface area (Å²) in [6.07, 6.45) is 0.274. The molecule has 0 atom stereocenters. The number of amides is 1. The Kier molecular flexibility index (Phi) is 4.35. The normalized spacial score (nSPS) is 10.3. The van der Waals surface area contributed by atoms with Gasteiger partial charge in [0, 0.05) is 17.9 Å². The van der Waals surface area contributed by atoms with Gasteiger partial charge in [-0.2, -0.15) is 0 Å². The molecule has 0 radical (unpaired) electrons. The molecule has 20 heavy (non-hydrogen) atoms. The fourth-order valence-electron chi connectivity index (χ4n) is 2.10. The molecule has 0 heterocycles. The van der Waals surface area contributed by atoms with Crippen LogP contribution in [-0.4, -0.2) is 12.5 Å². The van der Waals surface area contributed by atoms with Gasteiger partial charge in [0.25, 0.3) is 0 Å². The van der Waals surface area contributed by atoms with Gasteiger partial charge < -0.3 is 10.6 Å². The van der Waals surface area contributed by atoms with Crippen molar-refractivity contribution in [3.63, 3.8) is 0 Å². The van der Waals surface area contributed by atoms with Crippen molar-refractivity contribution in [1.29, 1.82) is 0 Å². The quantitative estimate of drug-likeness (QED) is 0.870. The highest BCUT2D eigenvalue weighted by Gasteiger charge is 2.14. The first kappa shape index (κ1) is 14.1. The Labute approximate surface area is 117 Å². The number of anilines is 2. The van der Waals surface area contributed by atoms with Gasteiger partial charge in [0.2, 0.25) is 5.91 Å². The molecule has 104 valence electrons. The maximum absolute atomic E-state index is 12.9. The molecule has 0 aliphatic heterocycles. The van der Waals surface area contributed by atoms with Gasteiger partial charge in [0.15, 0.2) is 0 Å². The minimum Gasteiger partial charge on any atom is -0.399 e. The van der Waals surface area contributed by atoms with Crippen LogP contribution in [-0.2, 0) is 11.2 Å². The van der Waals surface area contributed by atoms with Crippen molar-refractivity contribution in [1.82, 2.24) is 0 Å². The number of benzene rings is 2. The van der Waals surface area contributed by atoms with Crippen LogP contribution < -0.4 is 10.6 Å². The maximum Gasteiger partial charge on any atom is 0.231 e. The van der Waals surface area contributed by atoms with Crippen LogP contribution in [0.1, 0.15) is 12.5 Å². The van der Waals surface area contributed by atoms with E-state index in [4.69, 9.17) is 5.73 Å². The van der Waals surface area contributed by atoms with E-state index in [1.54, 1.807) is 29.2 Å². The second-order valence-electron chi connectivity index (χ2n) is 4.54. The minimum atomic E-state index is -0.312. The van der Waals surface area contributed by atoms with Crippen molar-refractivity contribution < 1.29 is 9.18 Å². The highest BCUT2D eigenvalue weighted by molar-refractivity contribution is 5.94. The monoisotopic (exact) mass is 272 g/mol. The summed E-state index contributed by atoms with van der Waals surface area (Å²) in [4.78, 5) is 14.0. The number of likely N-dealkylation sites (N-methyl/N-ethyl adjacent to an activating group) is 1. The van der Waals surface area contributed by atoms with Crippen LogP contribution in [0.25, 0.3) is 0 Å². The zero-order valence-electron chi connectivity index (χ0n) is 11.3. The standard InChI is InChI=1S/C16H17FN2O/c1-2-19(15-8-6-13(17)7-9-15)16(20)11-12-4-3-5-14(18)10-12/h3-10H,2,11,18H2,1H3. The Balaban J connectivity index is 2.15. The van der Waals surface area contributed by atoms with Crippen molar-refractivity contribution in [3.05, 3.63) is 59.9 Å². The molecule has 0 aliphatic rings. The van der Waals surface area contributed by atoms with Gasteiger partial charge >= 0.3 is 0 Å². The van der Waals surface area contributed by atoms with E-state index in [0.717, 1.165) is 5.56 Å². The largest absolute Gasteiger partial charge is 0.399 e. The first-order chi connectivity index (χ1) is 9.60. The second-order valence-corrected chi connectivity index (χ2v) is 4.54. The fourth-order valence-corrected chi connectivity index (χ4v) is 2.10. The predicted molar refractivity (Wildman–Crippen MR) is 79.0 cm³/mol. The first-order valence-corrected chi connectivity index (χ1v) is 6.50. The number of hydrogen-bond acceptors (Lipinski definition) is 2. The molecule has 0 bridgehead atoms. The number of rotatable bonds is 4. The Morgan fingerprint density at radius 1 is 1.20 bits per heavy atom. The van der Waals surface area contributed by atoms with Gasteiger partial charge in [0.1, 0.15) is 5.82 Å². The first-order valence-electron chi connectivity index (χ1n) is 6.50. The van der Waals surface area contributed by atoms with Crippen molar-refractivity contribution in [3.8, 4) is 0 Å². The molecule has 2 rings (SSSR count). The highest BCUT2D eigenvalue weighted by Crippen LogP contribution is 2.17.